The van der Waals surface area contributed by atoms with E-state index in [4.69, 9.17) is 17.4 Å². The Labute approximate surface area is 126 Å². The zero-order chi connectivity index (χ0) is 14.8. The highest BCUT2D eigenvalue weighted by Crippen LogP contribution is 2.25. The Morgan fingerprint density at radius 1 is 1.33 bits per heavy atom. The SMILES string of the molecule is CN(Cc1ccccc1Cl)c1nc(NN)nc2[nH]ncc12. The van der Waals surface area contributed by atoms with Gasteiger partial charge in [-0.1, -0.05) is 29.8 Å². The summed E-state index contributed by atoms with van der Waals surface area (Å²) >= 11 is 6.20. The molecule has 0 aliphatic carbocycles. The van der Waals surface area contributed by atoms with E-state index >= 15 is 0 Å². The maximum Gasteiger partial charge on any atom is 0.241 e. The van der Waals surface area contributed by atoms with Gasteiger partial charge in [-0.2, -0.15) is 15.1 Å². The second-order valence-corrected chi connectivity index (χ2v) is 5.00. The average molecular weight is 304 g/mol. The van der Waals surface area contributed by atoms with Crippen LogP contribution in [0.15, 0.2) is 30.5 Å². The van der Waals surface area contributed by atoms with E-state index in [1.807, 2.05) is 36.2 Å². The van der Waals surface area contributed by atoms with Gasteiger partial charge in [-0.25, -0.2) is 5.84 Å². The molecule has 0 saturated heterocycles. The van der Waals surface area contributed by atoms with E-state index in [0.717, 1.165) is 21.8 Å². The molecule has 1 aromatic carbocycles. The Morgan fingerprint density at radius 2 is 2.14 bits per heavy atom. The maximum atomic E-state index is 6.20. The number of hydrazine groups is 1. The normalized spacial score (nSPS) is 10.8. The van der Waals surface area contributed by atoms with Crippen molar-refractivity contribution >= 4 is 34.4 Å². The second-order valence-electron chi connectivity index (χ2n) is 4.59. The summed E-state index contributed by atoms with van der Waals surface area (Å²) in [5.41, 5.74) is 4.09. The number of rotatable bonds is 4. The number of nitrogen functional groups attached to an aromatic ring is 1. The lowest BCUT2D eigenvalue weighted by Gasteiger charge is -2.20. The summed E-state index contributed by atoms with van der Waals surface area (Å²) in [6.45, 7) is 0.612. The summed E-state index contributed by atoms with van der Waals surface area (Å²) < 4.78 is 0. The first-order valence-corrected chi connectivity index (χ1v) is 6.69. The van der Waals surface area contributed by atoms with E-state index in [0.29, 0.717) is 18.1 Å². The molecule has 3 rings (SSSR count). The van der Waals surface area contributed by atoms with Gasteiger partial charge in [0.2, 0.25) is 5.95 Å². The van der Waals surface area contributed by atoms with E-state index in [-0.39, 0.29) is 0 Å². The minimum absolute atomic E-state index is 0.327. The third-order valence-corrected chi connectivity index (χ3v) is 3.51. The highest BCUT2D eigenvalue weighted by molar-refractivity contribution is 6.31. The van der Waals surface area contributed by atoms with Gasteiger partial charge < -0.3 is 4.90 Å². The molecule has 0 bridgehead atoms. The van der Waals surface area contributed by atoms with Crippen LogP contribution in [0.3, 0.4) is 0 Å². The number of aromatic amines is 1. The molecule has 0 atom stereocenters. The lowest BCUT2D eigenvalue weighted by molar-refractivity contribution is 0.900. The predicted molar refractivity (Wildman–Crippen MR) is 83.1 cm³/mol. The van der Waals surface area contributed by atoms with Crippen molar-refractivity contribution in [3.63, 3.8) is 0 Å². The van der Waals surface area contributed by atoms with Gasteiger partial charge in [0.15, 0.2) is 5.65 Å². The number of halogens is 1. The van der Waals surface area contributed by atoms with Crippen LogP contribution in [0.1, 0.15) is 5.56 Å². The van der Waals surface area contributed by atoms with Gasteiger partial charge in [-0.15, -0.1) is 0 Å². The lowest BCUT2D eigenvalue weighted by atomic mass is 10.2. The van der Waals surface area contributed by atoms with Crippen molar-refractivity contribution in [1.82, 2.24) is 20.2 Å². The summed E-state index contributed by atoms with van der Waals surface area (Å²) in [5.74, 6) is 6.46. The van der Waals surface area contributed by atoms with Gasteiger partial charge in [-0.05, 0) is 11.6 Å². The molecule has 4 N–H and O–H groups in total. The first-order chi connectivity index (χ1) is 10.2. The van der Waals surface area contributed by atoms with E-state index in [1.54, 1.807) is 6.20 Å². The predicted octanol–water partition coefficient (Wildman–Crippen LogP) is 1.93. The van der Waals surface area contributed by atoms with Crippen LogP contribution in [0.2, 0.25) is 5.02 Å². The Kier molecular flexibility index (Phi) is 3.59. The van der Waals surface area contributed by atoms with Crippen LogP contribution in [0.5, 0.6) is 0 Å². The number of nitrogens with two attached hydrogens (primary N) is 1. The zero-order valence-electron chi connectivity index (χ0n) is 11.3. The van der Waals surface area contributed by atoms with Crippen molar-refractivity contribution in [2.75, 3.05) is 17.4 Å². The van der Waals surface area contributed by atoms with E-state index < -0.39 is 0 Å². The van der Waals surface area contributed by atoms with Crippen LogP contribution in [0, 0.1) is 0 Å². The number of anilines is 2. The molecule has 2 aromatic heterocycles. The Balaban J connectivity index is 1.99. The van der Waals surface area contributed by atoms with Crippen molar-refractivity contribution in [1.29, 1.82) is 0 Å². The number of hydrogen-bond acceptors (Lipinski definition) is 6. The molecule has 0 unspecified atom stereocenters. The lowest BCUT2D eigenvalue weighted by Crippen LogP contribution is -2.20. The van der Waals surface area contributed by atoms with E-state index in [1.165, 1.54) is 0 Å². The summed E-state index contributed by atoms with van der Waals surface area (Å²) in [4.78, 5) is 10.6. The molecule has 0 spiro atoms. The monoisotopic (exact) mass is 303 g/mol. The molecule has 21 heavy (non-hydrogen) atoms. The summed E-state index contributed by atoms with van der Waals surface area (Å²) in [7, 11) is 1.93. The molecule has 7 nitrogen and oxygen atoms in total. The van der Waals surface area contributed by atoms with Gasteiger partial charge in [0, 0.05) is 18.6 Å². The molecule has 8 heteroatoms. The van der Waals surface area contributed by atoms with Gasteiger partial charge in [0.25, 0.3) is 0 Å². The Bertz CT molecular complexity index is 770. The topological polar surface area (TPSA) is 95.8 Å². The van der Waals surface area contributed by atoms with Crippen molar-refractivity contribution < 1.29 is 0 Å². The van der Waals surface area contributed by atoms with Crippen LogP contribution < -0.4 is 16.2 Å². The average Bonchev–Trinajstić information content (AvgIpc) is 2.96. The van der Waals surface area contributed by atoms with Gasteiger partial charge in [-0.3, -0.25) is 10.5 Å². The third-order valence-electron chi connectivity index (χ3n) is 3.15. The van der Waals surface area contributed by atoms with Crippen molar-refractivity contribution in [2.45, 2.75) is 6.54 Å². The maximum absolute atomic E-state index is 6.20. The molecule has 0 amide bonds. The van der Waals surface area contributed by atoms with Gasteiger partial charge in [0.1, 0.15) is 5.82 Å². The molecular formula is C13H14ClN7. The highest BCUT2D eigenvalue weighted by atomic mass is 35.5. The number of benzene rings is 1. The van der Waals surface area contributed by atoms with Crippen LogP contribution in [0.25, 0.3) is 11.0 Å². The first-order valence-electron chi connectivity index (χ1n) is 6.31. The number of fused-ring (bicyclic) bond motifs is 1. The highest BCUT2D eigenvalue weighted by Gasteiger charge is 2.14. The van der Waals surface area contributed by atoms with Crippen LogP contribution >= 0.6 is 11.6 Å². The third kappa shape index (κ3) is 2.61. The molecule has 0 radical (unpaired) electrons. The number of hydrogen-bond donors (Lipinski definition) is 3. The van der Waals surface area contributed by atoms with Crippen molar-refractivity contribution in [3.8, 4) is 0 Å². The Morgan fingerprint density at radius 3 is 2.90 bits per heavy atom. The van der Waals surface area contributed by atoms with Crippen LogP contribution in [-0.2, 0) is 6.54 Å². The zero-order valence-corrected chi connectivity index (χ0v) is 12.1. The fraction of sp³-hybridized carbons (Fsp3) is 0.154. The molecule has 0 aliphatic rings. The minimum atomic E-state index is 0.327. The molecule has 3 aromatic rings. The molecule has 0 fully saturated rings. The molecule has 108 valence electrons. The van der Waals surface area contributed by atoms with Crippen molar-refractivity contribution in [3.05, 3.63) is 41.0 Å². The molecule has 0 aliphatic heterocycles. The van der Waals surface area contributed by atoms with E-state index in [2.05, 4.69) is 25.6 Å². The number of H-pyrrole nitrogens is 1. The number of nitrogens with zero attached hydrogens (tertiary/aromatic N) is 4. The first kappa shape index (κ1) is 13.6. The fourth-order valence-corrected chi connectivity index (χ4v) is 2.33. The summed E-state index contributed by atoms with van der Waals surface area (Å²) in [6.07, 6.45) is 1.69. The van der Waals surface area contributed by atoms with Crippen LogP contribution in [-0.4, -0.2) is 27.2 Å². The fourth-order valence-electron chi connectivity index (χ4n) is 2.13. The minimum Gasteiger partial charge on any atom is -0.355 e. The van der Waals surface area contributed by atoms with Gasteiger partial charge >= 0.3 is 0 Å². The van der Waals surface area contributed by atoms with Crippen LogP contribution in [0.4, 0.5) is 11.8 Å². The molecule has 0 saturated carbocycles. The second kappa shape index (κ2) is 5.55. The standard InChI is InChI=1S/C13H14ClN7/c1-21(7-8-4-2-3-5-10(8)14)12-9-6-16-20-11(9)17-13(18-12)19-15/h2-6H,7,15H2,1H3,(H2,16,17,18,19,20). The number of nitrogens with one attached hydrogen (secondary N) is 2. The van der Waals surface area contributed by atoms with Crippen molar-refractivity contribution in [2.24, 2.45) is 5.84 Å². The van der Waals surface area contributed by atoms with E-state index in [9.17, 15) is 0 Å². The molecular weight excluding hydrogens is 290 g/mol. The summed E-state index contributed by atoms with van der Waals surface area (Å²) in [5, 5.41) is 8.35. The largest absolute Gasteiger partial charge is 0.355 e. The van der Waals surface area contributed by atoms with Gasteiger partial charge in [0.05, 0.1) is 11.6 Å². The summed E-state index contributed by atoms with van der Waals surface area (Å²) in [6, 6.07) is 7.70. The quantitative estimate of drug-likeness (QED) is 0.503. The smallest absolute Gasteiger partial charge is 0.241 e. The number of aromatic nitrogens is 4. The molecule has 2 heterocycles. The Hall–Kier alpha value is -2.38.